The summed E-state index contributed by atoms with van der Waals surface area (Å²) in [7, 11) is 1.65. The summed E-state index contributed by atoms with van der Waals surface area (Å²) in [6.07, 6.45) is 7.61. The molecule has 3 aromatic heterocycles. The molecule has 31 heavy (non-hydrogen) atoms. The van der Waals surface area contributed by atoms with Crippen LogP contribution in [-0.4, -0.2) is 36.2 Å². The monoisotopic (exact) mass is 414 g/mol. The van der Waals surface area contributed by atoms with Gasteiger partial charge in [0.2, 0.25) is 0 Å². The largest absolute Gasteiger partial charge is 0.495 e. The van der Waals surface area contributed by atoms with E-state index < -0.39 is 0 Å². The summed E-state index contributed by atoms with van der Waals surface area (Å²) >= 11 is 0. The molecule has 0 atom stereocenters. The van der Waals surface area contributed by atoms with Crippen LogP contribution in [0.25, 0.3) is 22.6 Å². The molecule has 5 aromatic rings. The Morgan fingerprint density at radius 1 is 1.06 bits per heavy atom. The van der Waals surface area contributed by atoms with E-state index in [9.17, 15) is 4.39 Å². The summed E-state index contributed by atoms with van der Waals surface area (Å²) in [6.45, 7) is 1.95. The van der Waals surface area contributed by atoms with E-state index in [-0.39, 0.29) is 5.82 Å². The second kappa shape index (κ2) is 7.64. The number of halogens is 1. The summed E-state index contributed by atoms with van der Waals surface area (Å²) in [4.78, 5) is 13.1. The van der Waals surface area contributed by atoms with Crippen LogP contribution in [0.1, 0.15) is 17.1 Å². The minimum atomic E-state index is -0.286. The third-order valence-electron chi connectivity index (χ3n) is 5.03. The fourth-order valence-corrected chi connectivity index (χ4v) is 3.53. The molecule has 0 saturated heterocycles. The van der Waals surface area contributed by atoms with Gasteiger partial charge >= 0.3 is 0 Å². The number of ether oxygens (including phenoxy) is 1. The Morgan fingerprint density at radius 2 is 1.90 bits per heavy atom. The first-order chi connectivity index (χ1) is 15.1. The fourth-order valence-electron chi connectivity index (χ4n) is 3.53. The van der Waals surface area contributed by atoms with Crippen LogP contribution in [0.3, 0.4) is 0 Å². The van der Waals surface area contributed by atoms with Crippen LogP contribution in [0.2, 0.25) is 0 Å². The van der Waals surface area contributed by atoms with E-state index in [2.05, 4.69) is 20.1 Å². The average molecular weight is 414 g/mol. The molecule has 3 heterocycles. The van der Waals surface area contributed by atoms with Crippen molar-refractivity contribution in [3.63, 3.8) is 0 Å². The van der Waals surface area contributed by atoms with Crippen molar-refractivity contribution >= 4 is 5.65 Å². The second-order valence-corrected chi connectivity index (χ2v) is 7.20. The van der Waals surface area contributed by atoms with Gasteiger partial charge in [0, 0.05) is 18.2 Å². The number of fused-ring (bicyclic) bond motifs is 1. The first-order valence-electron chi connectivity index (χ1n) is 9.74. The quantitative estimate of drug-likeness (QED) is 0.434. The molecule has 0 unspecified atom stereocenters. The third kappa shape index (κ3) is 3.63. The molecule has 0 amide bonds. The highest BCUT2D eigenvalue weighted by Gasteiger charge is 2.12. The molecule has 7 nitrogen and oxygen atoms in total. The smallest absolute Gasteiger partial charge is 0.174 e. The van der Waals surface area contributed by atoms with Gasteiger partial charge in [-0.2, -0.15) is 5.10 Å². The van der Waals surface area contributed by atoms with Gasteiger partial charge in [-0.15, -0.1) is 0 Å². The van der Waals surface area contributed by atoms with Gasteiger partial charge in [0.15, 0.2) is 11.5 Å². The highest BCUT2D eigenvalue weighted by molar-refractivity contribution is 5.61. The van der Waals surface area contributed by atoms with Crippen molar-refractivity contribution < 1.29 is 9.13 Å². The molecule has 0 aliphatic rings. The van der Waals surface area contributed by atoms with Gasteiger partial charge in [-0.05, 0) is 48.9 Å². The van der Waals surface area contributed by atoms with Crippen molar-refractivity contribution in [3.05, 3.63) is 90.3 Å². The summed E-state index contributed by atoms with van der Waals surface area (Å²) in [5.41, 5.74) is 5.07. The van der Waals surface area contributed by atoms with Gasteiger partial charge < -0.3 is 9.30 Å². The number of imidazole rings is 1. The molecule has 5 rings (SSSR count). The standard InChI is InChI=1S/C23H19FN6O/c1-15-13-29(14-26-15)19-8-3-16(9-21(19)31-2)10-22-27-23-12-25-11-20(30(23)28-22)17-4-6-18(24)7-5-17/h3-9,11-14H,10H2,1-2H3. The highest BCUT2D eigenvalue weighted by Crippen LogP contribution is 2.26. The Balaban J connectivity index is 1.48. The number of rotatable bonds is 5. The molecule has 154 valence electrons. The number of hydrogen-bond donors (Lipinski definition) is 0. The Hall–Kier alpha value is -4.07. The molecule has 0 spiro atoms. The Labute approximate surface area is 177 Å². The van der Waals surface area contributed by atoms with E-state index in [1.807, 2.05) is 35.9 Å². The molecular weight excluding hydrogens is 395 g/mol. The molecule has 0 saturated carbocycles. The lowest BCUT2D eigenvalue weighted by molar-refractivity contribution is 0.412. The van der Waals surface area contributed by atoms with Crippen LogP contribution in [0, 0.1) is 12.7 Å². The number of hydrogen-bond acceptors (Lipinski definition) is 5. The molecule has 0 aliphatic heterocycles. The summed E-state index contributed by atoms with van der Waals surface area (Å²) < 4.78 is 22.6. The molecular formula is C23H19FN6O. The van der Waals surface area contributed by atoms with Crippen LogP contribution in [0.4, 0.5) is 4.39 Å². The average Bonchev–Trinajstić information content (AvgIpc) is 3.39. The number of aryl methyl sites for hydroxylation is 1. The minimum absolute atomic E-state index is 0.286. The lowest BCUT2D eigenvalue weighted by Gasteiger charge is -2.10. The molecule has 0 fully saturated rings. The van der Waals surface area contributed by atoms with Gasteiger partial charge in [-0.25, -0.2) is 18.9 Å². The first-order valence-corrected chi connectivity index (χ1v) is 9.74. The predicted octanol–water partition coefficient (Wildman–Crippen LogP) is 4.02. The van der Waals surface area contributed by atoms with E-state index in [1.54, 1.807) is 42.5 Å². The third-order valence-corrected chi connectivity index (χ3v) is 5.03. The van der Waals surface area contributed by atoms with E-state index in [1.165, 1.54) is 12.1 Å². The van der Waals surface area contributed by atoms with E-state index in [0.29, 0.717) is 17.9 Å². The maximum atomic E-state index is 13.3. The van der Waals surface area contributed by atoms with E-state index >= 15 is 0 Å². The van der Waals surface area contributed by atoms with Crippen molar-refractivity contribution in [2.45, 2.75) is 13.3 Å². The first kappa shape index (κ1) is 18.9. The molecule has 2 aromatic carbocycles. The van der Waals surface area contributed by atoms with Crippen molar-refractivity contribution in [2.24, 2.45) is 0 Å². The zero-order chi connectivity index (χ0) is 21.4. The predicted molar refractivity (Wildman–Crippen MR) is 114 cm³/mol. The molecule has 0 radical (unpaired) electrons. The molecule has 0 aliphatic carbocycles. The van der Waals surface area contributed by atoms with Crippen LogP contribution in [0.15, 0.2) is 67.4 Å². The molecule has 8 heteroatoms. The van der Waals surface area contributed by atoms with Gasteiger partial charge in [-0.3, -0.25) is 4.98 Å². The second-order valence-electron chi connectivity index (χ2n) is 7.20. The Morgan fingerprint density at radius 3 is 2.65 bits per heavy atom. The minimum Gasteiger partial charge on any atom is -0.495 e. The molecule has 0 N–H and O–H groups in total. The summed E-state index contributed by atoms with van der Waals surface area (Å²) in [5.74, 6) is 1.11. The molecule has 0 bridgehead atoms. The lowest BCUT2D eigenvalue weighted by Crippen LogP contribution is -1.99. The zero-order valence-electron chi connectivity index (χ0n) is 17.0. The number of methoxy groups -OCH3 is 1. The van der Waals surface area contributed by atoms with Crippen LogP contribution >= 0.6 is 0 Å². The maximum Gasteiger partial charge on any atom is 0.174 e. The van der Waals surface area contributed by atoms with Gasteiger partial charge in [0.25, 0.3) is 0 Å². The zero-order valence-corrected chi connectivity index (χ0v) is 17.0. The van der Waals surface area contributed by atoms with Crippen LogP contribution in [-0.2, 0) is 6.42 Å². The summed E-state index contributed by atoms with van der Waals surface area (Å²) in [6, 6.07) is 12.2. The van der Waals surface area contributed by atoms with Gasteiger partial charge in [0.05, 0.1) is 42.9 Å². The number of benzene rings is 2. The maximum absolute atomic E-state index is 13.3. The SMILES string of the molecule is COc1cc(Cc2nc3cncc(-c4ccc(F)cc4)n3n2)ccc1-n1cnc(C)c1. The van der Waals surface area contributed by atoms with Crippen LogP contribution < -0.4 is 4.74 Å². The lowest BCUT2D eigenvalue weighted by atomic mass is 10.1. The van der Waals surface area contributed by atoms with E-state index in [4.69, 9.17) is 4.74 Å². The van der Waals surface area contributed by atoms with Crippen molar-refractivity contribution in [3.8, 4) is 22.7 Å². The topological polar surface area (TPSA) is 70.1 Å². The van der Waals surface area contributed by atoms with Crippen LogP contribution in [0.5, 0.6) is 5.75 Å². The number of nitrogens with zero attached hydrogens (tertiary/aromatic N) is 6. The van der Waals surface area contributed by atoms with Crippen molar-refractivity contribution in [2.75, 3.05) is 7.11 Å². The van der Waals surface area contributed by atoms with Gasteiger partial charge in [0.1, 0.15) is 11.6 Å². The normalized spacial score (nSPS) is 11.2. The van der Waals surface area contributed by atoms with E-state index in [0.717, 1.165) is 34.0 Å². The number of aromatic nitrogens is 6. The van der Waals surface area contributed by atoms with Gasteiger partial charge in [-0.1, -0.05) is 6.07 Å². The Bertz CT molecular complexity index is 1370. The highest BCUT2D eigenvalue weighted by atomic mass is 19.1. The summed E-state index contributed by atoms with van der Waals surface area (Å²) in [5, 5.41) is 4.66. The Kier molecular flexibility index (Phi) is 4.66. The van der Waals surface area contributed by atoms with Crippen molar-refractivity contribution in [1.29, 1.82) is 0 Å². The van der Waals surface area contributed by atoms with Crippen molar-refractivity contribution in [1.82, 2.24) is 29.1 Å². The fraction of sp³-hybridized carbons (Fsp3) is 0.130.